The highest BCUT2D eigenvalue weighted by molar-refractivity contribution is 7.91. The SMILES string of the molecule is Cc1c(C(F)(F)F)nnc(Oc2ncc(C3(O)CC3)c(F)c2F)c1C(=O)Nc1cccc(S(C)(=N)=O)c1. The predicted molar refractivity (Wildman–Crippen MR) is 119 cm³/mol. The van der Waals surface area contributed by atoms with Crippen LogP contribution in [0.25, 0.3) is 0 Å². The maximum absolute atomic E-state index is 14.7. The zero-order valence-electron chi connectivity index (χ0n) is 19.1. The minimum atomic E-state index is -5.01. The number of ether oxygens (including phenoxy) is 1. The summed E-state index contributed by atoms with van der Waals surface area (Å²) in [7, 11) is -3.18. The van der Waals surface area contributed by atoms with Crippen molar-refractivity contribution in [2.45, 2.75) is 36.4 Å². The first kappa shape index (κ1) is 26.3. The molecule has 1 unspecified atom stereocenters. The molecule has 1 atom stereocenters. The molecule has 1 aliphatic carbocycles. The summed E-state index contributed by atoms with van der Waals surface area (Å²) in [6, 6.07) is 5.27. The van der Waals surface area contributed by atoms with Crippen molar-refractivity contribution in [2.24, 2.45) is 0 Å². The molecular formula is C22H18F5N5O4S. The van der Waals surface area contributed by atoms with Crippen LogP contribution in [0, 0.1) is 23.3 Å². The van der Waals surface area contributed by atoms with Gasteiger partial charge in [-0.15, -0.1) is 10.2 Å². The summed E-state index contributed by atoms with van der Waals surface area (Å²) in [4.78, 5) is 16.7. The minimum absolute atomic E-state index is 0.0163. The van der Waals surface area contributed by atoms with Gasteiger partial charge in [0.15, 0.2) is 11.5 Å². The predicted octanol–water partition coefficient (Wildman–Crippen LogP) is 4.54. The molecule has 4 rings (SSSR count). The standard InChI is InChI=1S/C22H18F5N5O4S/c1-10-14(18(33)30-11-4-3-5-12(8-11)37(2,28)35)19(32-31-17(10)22(25,26)27)36-20-16(24)15(23)13(9-29-20)21(34)6-7-21/h3-5,8-9,28,34H,6-7H2,1-2H3,(H,30,33). The average Bonchev–Trinajstić information content (AvgIpc) is 3.53. The van der Waals surface area contributed by atoms with Crippen LogP contribution in [0.15, 0.2) is 35.4 Å². The second-order valence-corrected chi connectivity index (χ2v) is 10.6. The number of nitrogens with one attached hydrogen (secondary N) is 2. The Bertz CT molecular complexity index is 1520. The Morgan fingerprint density at radius 1 is 1.19 bits per heavy atom. The van der Waals surface area contributed by atoms with E-state index < -0.39 is 73.2 Å². The topological polar surface area (TPSA) is 138 Å². The molecule has 1 fully saturated rings. The number of rotatable bonds is 6. The van der Waals surface area contributed by atoms with Gasteiger partial charge in [0.25, 0.3) is 17.7 Å². The first-order chi connectivity index (χ1) is 17.1. The first-order valence-corrected chi connectivity index (χ1v) is 12.4. The van der Waals surface area contributed by atoms with Crippen molar-refractivity contribution in [1.29, 1.82) is 4.78 Å². The number of pyridine rings is 1. The number of benzene rings is 1. The molecule has 3 N–H and O–H groups in total. The third-order valence-electron chi connectivity index (χ3n) is 5.57. The second kappa shape index (κ2) is 8.99. The Kier molecular flexibility index (Phi) is 6.40. The Labute approximate surface area is 206 Å². The molecule has 196 valence electrons. The molecule has 1 saturated carbocycles. The molecule has 0 saturated heterocycles. The van der Waals surface area contributed by atoms with Gasteiger partial charge in [-0.3, -0.25) is 4.79 Å². The molecule has 37 heavy (non-hydrogen) atoms. The van der Waals surface area contributed by atoms with Gasteiger partial charge in [-0.2, -0.15) is 17.6 Å². The number of amides is 1. The van der Waals surface area contributed by atoms with Gasteiger partial charge in [-0.1, -0.05) is 6.07 Å². The fourth-order valence-corrected chi connectivity index (χ4v) is 4.13. The van der Waals surface area contributed by atoms with Crippen molar-refractivity contribution in [1.82, 2.24) is 15.2 Å². The van der Waals surface area contributed by atoms with Crippen molar-refractivity contribution in [3.05, 3.63) is 64.5 Å². The first-order valence-electron chi connectivity index (χ1n) is 10.5. The van der Waals surface area contributed by atoms with E-state index >= 15 is 0 Å². The average molecular weight is 543 g/mol. The lowest BCUT2D eigenvalue weighted by molar-refractivity contribution is -0.142. The van der Waals surface area contributed by atoms with Crippen LogP contribution < -0.4 is 10.1 Å². The summed E-state index contributed by atoms with van der Waals surface area (Å²) in [6.45, 7) is 0.911. The molecule has 2 heterocycles. The van der Waals surface area contributed by atoms with Crippen LogP contribution in [0.2, 0.25) is 0 Å². The molecule has 0 aliphatic heterocycles. The van der Waals surface area contributed by atoms with Crippen molar-refractivity contribution >= 4 is 21.3 Å². The summed E-state index contributed by atoms with van der Waals surface area (Å²) in [5.74, 6) is -6.26. The lowest BCUT2D eigenvalue weighted by Crippen LogP contribution is -2.21. The van der Waals surface area contributed by atoms with Crippen LogP contribution in [-0.2, 0) is 21.5 Å². The Morgan fingerprint density at radius 3 is 2.46 bits per heavy atom. The maximum atomic E-state index is 14.7. The van der Waals surface area contributed by atoms with Crippen LogP contribution in [0.1, 0.15) is 40.0 Å². The van der Waals surface area contributed by atoms with E-state index in [1.807, 2.05) is 0 Å². The molecule has 0 spiro atoms. The van der Waals surface area contributed by atoms with Crippen molar-refractivity contribution in [3.63, 3.8) is 0 Å². The van der Waals surface area contributed by atoms with Gasteiger partial charge in [0.2, 0.25) is 5.82 Å². The van der Waals surface area contributed by atoms with Crippen LogP contribution in [0.3, 0.4) is 0 Å². The molecule has 0 radical (unpaired) electrons. The van der Waals surface area contributed by atoms with Gasteiger partial charge in [-0.25, -0.2) is 18.4 Å². The molecule has 2 aromatic heterocycles. The largest absolute Gasteiger partial charge is 0.435 e. The number of carbonyl (C=O) groups is 1. The number of anilines is 1. The van der Waals surface area contributed by atoms with E-state index in [0.717, 1.165) is 19.4 Å². The molecule has 15 heteroatoms. The lowest BCUT2D eigenvalue weighted by atomic mass is 10.1. The smallest absolute Gasteiger partial charge is 0.415 e. The number of alkyl halides is 3. The van der Waals surface area contributed by atoms with E-state index in [9.17, 15) is 36.1 Å². The van der Waals surface area contributed by atoms with Crippen LogP contribution in [0.4, 0.5) is 27.6 Å². The maximum Gasteiger partial charge on any atom is 0.435 e. The van der Waals surface area contributed by atoms with Crippen LogP contribution >= 0.6 is 0 Å². The summed E-state index contributed by atoms with van der Waals surface area (Å²) in [6.07, 6.45) is -2.68. The van der Waals surface area contributed by atoms with Crippen LogP contribution in [-0.4, -0.2) is 36.7 Å². The van der Waals surface area contributed by atoms with Crippen molar-refractivity contribution < 1.29 is 40.8 Å². The molecule has 1 aromatic carbocycles. The summed E-state index contributed by atoms with van der Waals surface area (Å²) in [5.41, 5.74) is -5.04. The third kappa shape index (κ3) is 5.22. The van der Waals surface area contributed by atoms with E-state index in [1.54, 1.807) is 0 Å². The number of halogens is 5. The summed E-state index contributed by atoms with van der Waals surface area (Å²) >= 11 is 0. The van der Waals surface area contributed by atoms with Gasteiger partial charge in [-0.05, 0) is 43.5 Å². The van der Waals surface area contributed by atoms with E-state index in [0.29, 0.717) is 0 Å². The number of hydrogen-bond donors (Lipinski definition) is 3. The number of carbonyl (C=O) groups excluding carboxylic acids is 1. The quantitative estimate of drug-likeness (QED) is 0.388. The highest BCUT2D eigenvalue weighted by Crippen LogP contribution is 2.47. The summed E-state index contributed by atoms with van der Waals surface area (Å²) in [5, 5.41) is 18.7. The number of aliphatic hydroxyl groups is 1. The van der Waals surface area contributed by atoms with Crippen molar-refractivity contribution in [2.75, 3.05) is 11.6 Å². The fourth-order valence-electron chi connectivity index (χ4n) is 3.44. The number of hydrogen-bond acceptors (Lipinski definition) is 8. The fraction of sp³-hybridized carbons (Fsp3) is 0.273. The van der Waals surface area contributed by atoms with Gasteiger partial charge in [0, 0.05) is 28.6 Å². The zero-order valence-corrected chi connectivity index (χ0v) is 19.9. The summed E-state index contributed by atoms with van der Waals surface area (Å²) < 4.78 is 94.4. The van der Waals surface area contributed by atoms with Crippen LogP contribution in [0.5, 0.6) is 11.8 Å². The Hall–Kier alpha value is -3.72. The molecule has 3 aromatic rings. The molecular weight excluding hydrogens is 525 g/mol. The van der Waals surface area contributed by atoms with Gasteiger partial charge >= 0.3 is 6.18 Å². The lowest BCUT2D eigenvalue weighted by Gasteiger charge is -2.16. The zero-order chi connectivity index (χ0) is 27.3. The van der Waals surface area contributed by atoms with E-state index in [1.165, 1.54) is 24.3 Å². The van der Waals surface area contributed by atoms with Gasteiger partial charge in [0.1, 0.15) is 5.56 Å². The Morgan fingerprint density at radius 2 is 1.86 bits per heavy atom. The van der Waals surface area contributed by atoms with E-state index in [4.69, 9.17) is 9.52 Å². The Balaban J connectivity index is 1.76. The minimum Gasteiger partial charge on any atom is -0.415 e. The molecule has 9 nitrogen and oxygen atoms in total. The van der Waals surface area contributed by atoms with E-state index in [-0.39, 0.29) is 23.4 Å². The normalized spacial score (nSPS) is 16.1. The highest BCUT2D eigenvalue weighted by atomic mass is 32.2. The van der Waals surface area contributed by atoms with Crippen molar-refractivity contribution in [3.8, 4) is 11.8 Å². The molecule has 1 amide bonds. The number of aromatic nitrogens is 3. The molecule has 1 aliphatic rings. The number of nitrogens with zero attached hydrogens (tertiary/aromatic N) is 3. The second-order valence-electron chi connectivity index (χ2n) is 8.42. The van der Waals surface area contributed by atoms with E-state index in [2.05, 4.69) is 20.5 Å². The molecule has 0 bridgehead atoms. The third-order valence-corrected chi connectivity index (χ3v) is 6.72. The van der Waals surface area contributed by atoms with Gasteiger partial charge < -0.3 is 15.2 Å². The highest BCUT2D eigenvalue weighted by Gasteiger charge is 2.46. The monoisotopic (exact) mass is 543 g/mol. The van der Waals surface area contributed by atoms with Gasteiger partial charge in [0.05, 0.1) is 15.3 Å².